The maximum absolute atomic E-state index is 13.4. The van der Waals surface area contributed by atoms with E-state index in [4.69, 9.17) is 0 Å². The molecule has 8 atom stereocenters. The monoisotopic (exact) mass is 455 g/mol. The van der Waals surface area contributed by atoms with Gasteiger partial charge in [-0.15, -0.1) is 0 Å². The molecule has 176 valence electrons. The molecule has 3 saturated carbocycles. The molecule has 5 aliphatic rings. The summed E-state index contributed by atoms with van der Waals surface area (Å²) < 4.78 is 40.3. The number of carboxylic acids is 1. The molecule has 32 heavy (non-hydrogen) atoms. The zero-order valence-corrected chi connectivity index (χ0v) is 17.9. The van der Waals surface area contributed by atoms with Crippen LogP contribution >= 0.6 is 0 Å². The predicted molar refractivity (Wildman–Crippen MR) is 105 cm³/mol. The number of hydrogen-bond acceptors (Lipinski definition) is 4. The Labute approximate surface area is 183 Å². The van der Waals surface area contributed by atoms with Crippen LogP contribution in [-0.4, -0.2) is 56.6 Å². The molecule has 0 radical (unpaired) electrons. The Kier molecular flexibility index (Phi) is 4.83. The molecular weight excluding hydrogens is 427 g/mol. The van der Waals surface area contributed by atoms with Crippen LogP contribution < -0.4 is 0 Å². The fourth-order valence-corrected chi connectivity index (χ4v) is 8.06. The van der Waals surface area contributed by atoms with Gasteiger partial charge >= 0.3 is 18.1 Å². The number of aliphatic hydroxyl groups is 1. The van der Waals surface area contributed by atoms with E-state index in [9.17, 15) is 37.8 Å². The summed E-state index contributed by atoms with van der Waals surface area (Å²) in [6, 6.07) is -1.44. The summed E-state index contributed by atoms with van der Waals surface area (Å²) in [5.41, 5.74) is -1.74. The van der Waals surface area contributed by atoms with Crippen molar-refractivity contribution in [3.8, 4) is 0 Å². The number of rotatable bonds is 1. The molecule has 1 heterocycles. The highest BCUT2D eigenvalue weighted by Crippen LogP contribution is 2.64. The summed E-state index contributed by atoms with van der Waals surface area (Å²) in [5.74, 6) is -5.44. The third-order valence-corrected chi connectivity index (χ3v) is 9.05. The van der Waals surface area contributed by atoms with Gasteiger partial charge in [0.1, 0.15) is 5.57 Å². The molecule has 4 aliphatic carbocycles. The van der Waals surface area contributed by atoms with E-state index in [-0.39, 0.29) is 41.7 Å². The first kappa shape index (κ1) is 21.9. The number of carbonyl (C=O) groups is 3. The Balaban J connectivity index is 1.64. The van der Waals surface area contributed by atoms with Crippen molar-refractivity contribution in [2.75, 3.05) is 0 Å². The average Bonchev–Trinajstić information content (AvgIpc) is 2.95. The van der Waals surface area contributed by atoms with Crippen LogP contribution in [0.3, 0.4) is 0 Å². The summed E-state index contributed by atoms with van der Waals surface area (Å²) in [6.45, 7) is 1.59. The summed E-state index contributed by atoms with van der Waals surface area (Å²) in [4.78, 5) is 38.7. The molecule has 0 aromatic heterocycles. The minimum absolute atomic E-state index is 0.0854. The Morgan fingerprint density at radius 3 is 2.47 bits per heavy atom. The van der Waals surface area contributed by atoms with Crippen LogP contribution in [0.1, 0.15) is 58.3 Å². The second-order valence-electron chi connectivity index (χ2n) is 10.5. The minimum Gasteiger partial charge on any atom is -0.478 e. The van der Waals surface area contributed by atoms with E-state index >= 15 is 0 Å². The average molecular weight is 455 g/mol. The highest BCUT2D eigenvalue weighted by Gasteiger charge is 2.67. The van der Waals surface area contributed by atoms with Crippen LogP contribution in [0.5, 0.6) is 0 Å². The first-order valence-corrected chi connectivity index (χ1v) is 11.6. The third-order valence-electron chi connectivity index (χ3n) is 9.05. The highest BCUT2D eigenvalue weighted by atomic mass is 19.4. The molecule has 1 unspecified atom stereocenters. The minimum atomic E-state index is -5.02. The summed E-state index contributed by atoms with van der Waals surface area (Å²) in [5, 5.41) is 21.9. The van der Waals surface area contributed by atoms with Gasteiger partial charge in [0.05, 0.1) is 5.60 Å². The van der Waals surface area contributed by atoms with Crippen molar-refractivity contribution in [3.05, 3.63) is 11.1 Å². The normalized spacial score (nSPS) is 43.5. The quantitative estimate of drug-likeness (QED) is 0.593. The van der Waals surface area contributed by atoms with Gasteiger partial charge in [-0.1, -0.05) is 12.8 Å². The van der Waals surface area contributed by atoms with Crippen LogP contribution in [0, 0.1) is 29.6 Å². The number of carboxylic acid groups (broad SMARTS) is 1. The number of aliphatic carboxylic acids is 1. The summed E-state index contributed by atoms with van der Waals surface area (Å²) in [7, 11) is 0. The smallest absolute Gasteiger partial charge is 0.471 e. The predicted octanol–water partition coefficient (Wildman–Crippen LogP) is 3.09. The second-order valence-corrected chi connectivity index (χ2v) is 10.5. The first-order valence-electron chi connectivity index (χ1n) is 11.6. The molecule has 0 spiro atoms. The molecule has 1 aliphatic heterocycles. The molecular formula is C23H28F3NO5. The van der Waals surface area contributed by atoms with Gasteiger partial charge in [0.25, 0.3) is 0 Å². The van der Waals surface area contributed by atoms with Crippen LogP contribution in [0.15, 0.2) is 11.1 Å². The van der Waals surface area contributed by atoms with E-state index in [1.807, 2.05) is 0 Å². The zero-order chi connectivity index (χ0) is 23.2. The van der Waals surface area contributed by atoms with Gasteiger partial charge in [-0.25, -0.2) is 4.79 Å². The van der Waals surface area contributed by atoms with Gasteiger partial charge in [-0.2, -0.15) is 13.2 Å². The number of carbonyl (C=O) groups excluding carboxylic acids is 2. The molecule has 4 fully saturated rings. The number of nitrogens with zero attached hydrogens (tertiary/aromatic N) is 1. The van der Waals surface area contributed by atoms with Crippen molar-refractivity contribution in [2.24, 2.45) is 29.6 Å². The van der Waals surface area contributed by atoms with Gasteiger partial charge in [0.15, 0.2) is 5.78 Å². The molecule has 1 saturated heterocycles. The van der Waals surface area contributed by atoms with Crippen molar-refractivity contribution in [3.63, 3.8) is 0 Å². The molecule has 1 amide bonds. The zero-order valence-electron chi connectivity index (χ0n) is 17.9. The molecule has 5 rings (SSSR count). The van der Waals surface area contributed by atoms with Crippen molar-refractivity contribution in [1.29, 1.82) is 0 Å². The Morgan fingerprint density at radius 2 is 1.81 bits per heavy atom. The highest BCUT2D eigenvalue weighted by molar-refractivity contribution is 6.19. The molecule has 0 aromatic carbocycles. The molecule has 6 nitrogen and oxygen atoms in total. The number of fused-ring (bicyclic) bond motifs is 9. The van der Waals surface area contributed by atoms with Crippen molar-refractivity contribution in [1.82, 2.24) is 4.90 Å². The number of ketones is 1. The van der Waals surface area contributed by atoms with Crippen molar-refractivity contribution >= 4 is 17.7 Å². The van der Waals surface area contributed by atoms with Crippen LogP contribution in [0.25, 0.3) is 0 Å². The van der Waals surface area contributed by atoms with E-state index < -0.39 is 53.4 Å². The van der Waals surface area contributed by atoms with E-state index in [0.29, 0.717) is 19.3 Å². The Hall–Kier alpha value is -1.90. The Bertz CT molecular complexity index is 914. The SMILES string of the molecule is C[C@H]1CC[C@@H]2[C@@H](CC3C[C@]2(O)C2=C(C(=O)O)C(=O)[C@@H]4CCCC[C@H]4[C@@H]23)N1C(=O)C(F)(F)F. The van der Waals surface area contributed by atoms with Gasteiger partial charge < -0.3 is 15.1 Å². The fraction of sp³-hybridized carbons (Fsp3) is 0.783. The lowest BCUT2D eigenvalue weighted by atomic mass is 9.61. The standard InChI is InChI=1S/C23H28F3NO5/c1-10-6-7-14-15(27(10)21(31)23(24,25)26)8-11-9-22(14,32)18-16(11)12-4-2-3-5-13(12)19(28)17(18)20(29)30/h10-16,32H,2-9H2,1H3,(H,29,30)/t10-,11?,12+,13+,14+,15+,16-,22+/m0/s1. The van der Waals surface area contributed by atoms with E-state index in [2.05, 4.69) is 0 Å². The maximum Gasteiger partial charge on any atom is 0.471 e. The van der Waals surface area contributed by atoms with Gasteiger partial charge in [-0.3, -0.25) is 9.59 Å². The summed E-state index contributed by atoms with van der Waals surface area (Å²) >= 11 is 0. The molecule has 2 bridgehead atoms. The number of Topliss-reactive ketones (excluding diaryl/α,β-unsaturated/α-hetero) is 1. The molecule has 2 N–H and O–H groups in total. The molecule has 0 aromatic rings. The topological polar surface area (TPSA) is 94.9 Å². The van der Waals surface area contributed by atoms with Gasteiger partial charge in [0.2, 0.25) is 0 Å². The van der Waals surface area contributed by atoms with Crippen molar-refractivity contribution < 1.29 is 37.8 Å². The number of hydrogen-bond donors (Lipinski definition) is 2. The van der Waals surface area contributed by atoms with Crippen LogP contribution in [-0.2, 0) is 14.4 Å². The van der Waals surface area contributed by atoms with Gasteiger partial charge in [-0.05, 0) is 68.8 Å². The number of amides is 1. The number of piperidine rings is 1. The lowest BCUT2D eigenvalue weighted by molar-refractivity contribution is -0.199. The number of halogens is 3. The van der Waals surface area contributed by atoms with E-state index in [1.165, 1.54) is 0 Å². The molecule has 9 heteroatoms. The number of likely N-dealkylation sites (tertiary alicyclic amines) is 1. The van der Waals surface area contributed by atoms with E-state index in [0.717, 1.165) is 24.2 Å². The summed E-state index contributed by atoms with van der Waals surface area (Å²) in [6.07, 6.45) is -0.668. The number of alkyl halides is 3. The largest absolute Gasteiger partial charge is 0.478 e. The van der Waals surface area contributed by atoms with Crippen LogP contribution in [0.2, 0.25) is 0 Å². The lowest BCUT2D eigenvalue weighted by Gasteiger charge is -2.53. The lowest BCUT2D eigenvalue weighted by Crippen LogP contribution is -2.62. The maximum atomic E-state index is 13.4. The Morgan fingerprint density at radius 1 is 1.12 bits per heavy atom. The van der Waals surface area contributed by atoms with Crippen molar-refractivity contribution in [2.45, 2.75) is 82.2 Å². The fourth-order valence-electron chi connectivity index (χ4n) is 8.06. The first-order chi connectivity index (χ1) is 15.0. The van der Waals surface area contributed by atoms with Gasteiger partial charge in [0, 0.05) is 23.9 Å². The van der Waals surface area contributed by atoms with Crippen LogP contribution in [0.4, 0.5) is 13.2 Å². The second kappa shape index (κ2) is 7.05. The van der Waals surface area contributed by atoms with E-state index in [1.54, 1.807) is 6.92 Å². The third kappa shape index (κ3) is 2.85.